The van der Waals surface area contributed by atoms with Crippen LogP contribution >= 0.6 is 0 Å². The summed E-state index contributed by atoms with van der Waals surface area (Å²) < 4.78 is 0. The van der Waals surface area contributed by atoms with E-state index in [0.717, 1.165) is 12.8 Å². The van der Waals surface area contributed by atoms with Crippen molar-refractivity contribution in [2.24, 2.45) is 5.92 Å². The summed E-state index contributed by atoms with van der Waals surface area (Å²) in [6, 6.07) is 0. The van der Waals surface area contributed by atoms with Crippen LogP contribution in [-0.2, 0) is 9.59 Å². The molecule has 0 aromatic carbocycles. The molecule has 0 saturated heterocycles. The van der Waals surface area contributed by atoms with Gasteiger partial charge in [-0.15, -0.1) is 0 Å². The summed E-state index contributed by atoms with van der Waals surface area (Å²) in [5, 5.41) is 0. The predicted molar refractivity (Wildman–Crippen MR) is 37.6 cm³/mol. The van der Waals surface area contributed by atoms with E-state index in [-0.39, 0.29) is 5.78 Å². The highest BCUT2D eigenvalue weighted by Gasteiger charge is 2.17. The molecule has 0 atom stereocenters. The fourth-order valence-corrected chi connectivity index (χ4v) is 1.55. The van der Waals surface area contributed by atoms with Crippen LogP contribution in [0.15, 0.2) is 0 Å². The van der Waals surface area contributed by atoms with Gasteiger partial charge in [0.25, 0.3) is 0 Å². The number of hydrogen-bond donors (Lipinski definition) is 0. The van der Waals surface area contributed by atoms with E-state index < -0.39 is 0 Å². The Morgan fingerprint density at radius 2 is 2.00 bits per heavy atom. The van der Waals surface area contributed by atoms with Gasteiger partial charge in [0.1, 0.15) is 0 Å². The Balaban J connectivity index is 2.23. The minimum atomic E-state index is -0.230. The van der Waals surface area contributed by atoms with E-state index in [1.165, 1.54) is 12.8 Å². The van der Waals surface area contributed by atoms with E-state index >= 15 is 0 Å². The highest BCUT2D eigenvalue weighted by atomic mass is 16.2. The lowest BCUT2D eigenvalue weighted by atomic mass is 10.0. The van der Waals surface area contributed by atoms with E-state index in [2.05, 4.69) is 0 Å². The molecular formula is C8H12O2. The van der Waals surface area contributed by atoms with Crippen molar-refractivity contribution >= 4 is 12.1 Å². The average molecular weight is 140 g/mol. The summed E-state index contributed by atoms with van der Waals surface area (Å²) in [6.07, 6.45) is 5.68. The van der Waals surface area contributed by atoms with Crippen LogP contribution in [0.1, 0.15) is 32.1 Å². The number of carbonyl (C=O) groups is 2. The highest BCUT2D eigenvalue weighted by molar-refractivity contribution is 6.24. The van der Waals surface area contributed by atoms with E-state index in [9.17, 15) is 9.59 Å². The second kappa shape index (κ2) is 3.49. The molecule has 1 aliphatic carbocycles. The molecule has 1 rings (SSSR count). The molecular weight excluding hydrogens is 128 g/mol. The molecule has 0 aromatic rings. The number of hydrogen-bond acceptors (Lipinski definition) is 2. The molecule has 0 unspecified atom stereocenters. The third kappa shape index (κ3) is 1.94. The van der Waals surface area contributed by atoms with Gasteiger partial charge in [-0.1, -0.05) is 25.7 Å². The predicted octanol–water partition coefficient (Wildman–Crippen LogP) is 1.33. The zero-order valence-corrected chi connectivity index (χ0v) is 6.01. The maximum Gasteiger partial charge on any atom is 0.195 e. The number of Topliss-reactive ketones (excluding diaryl/α,β-unsaturated/α-hetero) is 1. The van der Waals surface area contributed by atoms with Crippen LogP contribution in [0.5, 0.6) is 0 Å². The fraction of sp³-hybridized carbons (Fsp3) is 0.750. The summed E-state index contributed by atoms with van der Waals surface area (Å²) in [4.78, 5) is 20.5. The zero-order chi connectivity index (χ0) is 7.40. The zero-order valence-electron chi connectivity index (χ0n) is 6.01. The van der Waals surface area contributed by atoms with Gasteiger partial charge in [0.05, 0.1) is 0 Å². The van der Waals surface area contributed by atoms with Crippen molar-refractivity contribution in [2.75, 3.05) is 0 Å². The molecule has 0 N–H and O–H groups in total. The molecule has 1 aliphatic rings. The lowest BCUT2D eigenvalue weighted by Gasteiger charge is -2.02. The van der Waals surface area contributed by atoms with Gasteiger partial charge >= 0.3 is 0 Å². The molecule has 0 aliphatic heterocycles. The Morgan fingerprint density at radius 3 is 2.50 bits per heavy atom. The largest absolute Gasteiger partial charge is 0.295 e. The highest BCUT2D eigenvalue weighted by Crippen LogP contribution is 2.27. The number of aldehydes is 1. The molecule has 56 valence electrons. The maximum atomic E-state index is 10.6. The molecule has 0 radical (unpaired) electrons. The van der Waals surface area contributed by atoms with Gasteiger partial charge in [-0.25, -0.2) is 0 Å². The lowest BCUT2D eigenvalue weighted by Crippen LogP contribution is -2.05. The van der Waals surface area contributed by atoms with Crippen LogP contribution in [0, 0.1) is 5.92 Å². The SMILES string of the molecule is O=CC(=O)CC1CCCC1. The third-order valence-electron chi connectivity index (χ3n) is 2.10. The van der Waals surface area contributed by atoms with Crippen molar-refractivity contribution in [3.05, 3.63) is 0 Å². The summed E-state index contributed by atoms with van der Waals surface area (Å²) in [6.45, 7) is 0. The van der Waals surface area contributed by atoms with Gasteiger partial charge < -0.3 is 0 Å². The average Bonchev–Trinajstić information content (AvgIpc) is 2.40. The Morgan fingerprint density at radius 1 is 1.40 bits per heavy atom. The molecule has 0 heterocycles. The van der Waals surface area contributed by atoms with Crippen LogP contribution in [0.2, 0.25) is 0 Å². The van der Waals surface area contributed by atoms with E-state index in [4.69, 9.17) is 0 Å². The molecule has 0 aromatic heterocycles. The molecule has 2 nitrogen and oxygen atoms in total. The summed E-state index contributed by atoms with van der Waals surface area (Å²) in [7, 11) is 0. The van der Waals surface area contributed by atoms with Gasteiger partial charge in [-0.05, 0) is 5.92 Å². The maximum absolute atomic E-state index is 10.6. The van der Waals surface area contributed by atoms with Crippen LogP contribution in [0.4, 0.5) is 0 Å². The second-order valence-electron chi connectivity index (χ2n) is 2.94. The van der Waals surface area contributed by atoms with E-state index in [1.54, 1.807) is 0 Å². The van der Waals surface area contributed by atoms with Crippen molar-refractivity contribution in [3.8, 4) is 0 Å². The molecule has 1 saturated carbocycles. The van der Waals surface area contributed by atoms with Crippen LogP contribution in [-0.4, -0.2) is 12.1 Å². The summed E-state index contributed by atoms with van der Waals surface area (Å²) in [5.41, 5.74) is 0. The van der Waals surface area contributed by atoms with Gasteiger partial charge in [-0.2, -0.15) is 0 Å². The van der Waals surface area contributed by atoms with Crippen LogP contribution in [0.3, 0.4) is 0 Å². The number of rotatable bonds is 3. The minimum Gasteiger partial charge on any atom is -0.295 e. The molecule has 0 bridgehead atoms. The Hall–Kier alpha value is -0.660. The normalized spacial score (nSPS) is 19.2. The first-order valence-electron chi connectivity index (χ1n) is 3.81. The minimum absolute atomic E-state index is 0.230. The van der Waals surface area contributed by atoms with E-state index in [0.29, 0.717) is 18.6 Å². The molecule has 1 fully saturated rings. The molecule has 0 spiro atoms. The van der Waals surface area contributed by atoms with Gasteiger partial charge in [0.15, 0.2) is 12.1 Å². The Kier molecular flexibility index (Phi) is 2.60. The fourth-order valence-electron chi connectivity index (χ4n) is 1.55. The van der Waals surface area contributed by atoms with Gasteiger partial charge in [0.2, 0.25) is 0 Å². The Bertz CT molecular complexity index is 134. The van der Waals surface area contributed by atoms with Gasteiger partial charge in [-0.3, -0.25) is 9.59 Å². The first-order valence-corrected chi connectivity index (χ1v) is 3.81. The van der Waals surface area contributed by atoms with Crippen molar-refractivity contribution in [1.29, 1.82) is 0 Å². The van der Waals surface area contributed by atoms with E-state index in [1.807, 2.05) is 0 Å². The quantitative estimate of drug-likeness (QED) is 0.438. The van der Waals surface area contributed by atoms with Crippen molar-refractivity contribution in [1.82, 2.24) is 0 Å². The molecule has 2 heteroatoms. The first-order chi connectivity index (χ1) is 4.83. The van der Waals surface area contributed by atoms with Gasteiger partial charge in [0, 0.05) is 6.42 Å². The number of carbonyl (C=O) groups excluding carboxylic acids is 2. The van der Waals surface area contributed by atoms with Crippen molar-refractivity contribution in [3.63, 3.8) is 0 Å². The van der Waals surface area contributed by atoms with Crippen LogP contribution in [0.25, 0.3) is 0 Å². The van der Waals surface area contributed by atoms with Crippen LogP contribution < -0.4 is 0 Å². The first kappa shape index (κ1) is 7.45. The van der Waals surface area contributed by atoms with Crippen molar-refractivity contribution in [2.45, 2.75) is 32.1 Å². The smallest absolute Gasteiger partial charge is 0.195 e. The summed E-state index contributed by atoms with van der Waals surface area (Å²) in [5.74, 6) is 0.282. The van der Waals surface area contributed by atoms with Crippen molar-refractivity contribution < 1.29 is 9.59 Å². The molecule has 10 heavy (non-hydrogen) atoms. The Labute approximate surface area is 60.6 Å². The monoisotopic (exact) mass is 140 g/mol. The standard InChI is InChI=1S/C8H12O2/c9-6-8(10)5-7-3-1-2-4-7/h6-7H,1-5H2. The number of ketones is 1. The molecule has 0 amide bonds. The topological polar surface area (TPSA) is 34.1 Å². The summed E-state index contributed by atoms with van der Waals surface area (Å²) >= 11 is 0. The second-order valence-corrected chi connectivity index (χ2v) is 2.94. The lowest BCUT2D eigenvalue weighted by molar-refractivity contribution is -0.130. The third-order valence-corrected chi connectivity index (χ3v) is 2.10.